The number of esters is 1. The second-order valence-corrected chi connectivity index (χ2v) is 3.32. The Morgan fingerprint density at radius 1 is 1.44 bits per heavy atom. The molecule has 0 heterocycles. The molecule has 4 nitrogen and oxygen atoms in total. The summed E-state index contributed by atoms with van der Waals surface area (Å²) in [6.07, 6.45) is -0.827. The van der Waals surface area contributed by atoms with Gasteiger partial charge in [0.25, 0.3) is 0 Å². The van der Waals surface area contributed by atoms with Gasteiger partial charge in [0.1, 0.15) is 0 Å². The first kappa shape index (κ1) is 14.9. The molecule has 0 amide bonds. The van der Waals surface area contributed by atoms with Crippen LogP contribution >= 0.6 is 12.4 Å². The molecule has 90 valence electrons. The molecule has 0 radical (unpaired) electrons. The van der Waals surface area contributed by atoms with Crippen molar-refractivity contribution in [1.82, 2.24) is 0 Å². The Labute approximate surface area is 101 Å². The minimum Gasteiger partial charge on any atom is -0.467 e. The van der Waals surface area contributed by atoms with Crippen molar-refractivity contribution >= 4 is 18.4 Å². The number of aliphatic hydroxyl groups is 1. The van der Waals surface area contributed by atoms with Crippen molar-refractivity contribution in [2.45, 2.75) is 18.6 Å². The normalized spacial score (nSPS) is 13.4. The summed E-state index contributed by atoms with van der Waals surface area (Å²) in [5.74, 6) is -0.696. The van der Waals surface area contributed by atoms with E-state index < -0.39 is 18.1 Å². The Kier molecular flexibility index (Phi) is 6.72. The van der Waals surface area contributed by atoms with Gasteiger partial charge in [-0.25, -0.2) is 4.79 Å². The zero-order valence-electron chi connectivity index (χ0n) is 9.00. The van der Waals surface area contributed by atoms with Crippen LogP contribution in [0.3, 0.4) is 0 Å². The number of methoxy groups -OCH3 is 1. The molecule has 1 aromatic rings. The smallest absolute Gasteiger partial charge is 0.336 e. The van der Waals surface area contributed by atoms with Crippen molar-refractivity contribution in [2.24, 2.45) is 5.73 Å². The van der Waals surface area contributed by atoms with Crippen LogP contribution in [0.5, 0.6) is 0 Å². The maximum absolute atomic E-state index is 11.0. The van der Waals surface area contributed by atoms with Crippen LogP contribution in [-0.4, -0.2) is 30.3 Å². The van der Waals surface area contributed by atoms with Gasteiger partial charge in [-0.05, 0) is 12.0 Å². The van der Waals surface area contributed by atoms with Gasteiger partial charge < -0.3 is 15.6 Å². The van der Waals surface area contributed by atoms with Gasteiger partial charge in [-0.2, -0.15) is 0 Å². The van der Waals surface area contributed by atoms with Gasteiger partial charge in [-0.15, -0.1) is 12.4 Å². The lowest BCUT2D eigenvalue weighted by Gasteiger charge is -2.16. The molecular weight excluding hydrogens is 230 g/mol. The van der Waals surface area contributed by atoms with Gasteiger partial charge in [0.05, 0.1) is 7.11 Å². The van der Waals surface area contributed by atoms with Crippen molar-refractivity contribution in [3.63, 3.8) is 0 Å². The highest BCUT2D eigenvalue weighted by Gasteiger charge is 2.23. The third kappa shape index (κ3) is 4.18. The summed E-state index contributed by atoms with van der Waals surface area (Å²) in [7, 11) is 1.22. The van der Waals surface area contributed by atoms with Gasteiger partial charge in [0, 0.05) is 6.04 Å². The average molecular weight is 246 g/mol. The number of nitrogens with two attached hydrogens (primary N) is 1. The summed E-state index contributed by atoms with van der Waals surface area (Å²) in [6.45, 7) is 0. The molecule has 3 N–H and O–H groups in total. The summed E-state index contributed by atoms with van der Waals surface area (Å²) < 4.78 is 4.40. The van der Waals surface area contributed by atoms with E-state index in [1.807, 2.05) is 30.3 Å². The number of hydrogen-bond acceptors (Lipinski definition) is 4. The maximum Gasteiger partial charge on any atom is 0.336 e. The average Bonchev–Trinajstić information content (AvgIpc) is 2.28. The van der Waals surface area contributed by atoms with Crippen molar-refractivity contribution < 1.29 is 14.6 Å². The van der Waals surface area contributed by atoms with E-state index in [-0.39, 0.29) is 12.4 Å². The van der Waals surface area contributed by atoms with Crippen molar-refractivity contribution in [2.75, 3.05) is 7.11 Å². The summed E-state index contributed by atoms with van der Waals surface area (Å²) in [4.78, 5) is 11.0. The predicted octanol–water partition coefficient (Wildman–Crippen LogP) is 0.512. The molecule has 1 rings (SSSR count). The lowest BCUT2D eigenvalue weighted by atomic mass is 10.0. The quantitative estimate of drug-likeness (QED) is 0.759. The summed E-state index contributed by atoms with van der Waals surface area (Å²) in [6, 6.07) is 8.80. The standard InChI is InChI=1S/C11H15NO3.ClH/c1-15-11(14)10(13)9(12)7-8-5-3-2-4-6-8;/h2-6,9-10,13H,7,12H2,1H3;1H. The van der Waals surface area contributed by atoms with Gasteiger partial charge in [0.2, 0.25) is 0 Å². The molecule has 0 aliphatic carbocycles. The van der Waals surface area contributed by atoms with Gasteiger partial charge in [-0.3, -0.25) is 0 Å². The molecule has 1 aromatic carbocycles. The number of aliphatic hydroxyl groups excluding tert-OH is 1. The van der Waals surface area contributed by atoms with Crippen LogP contribution in [-0.2, 0) is 16.0 Å². The predicted molar refractivity (Wildman–Crippen MR) is 63.4 cm³/mol. The third-order valence-corrected chi connectivity index (χ3v) is 2.16. The number of ether oxygens (including phenoxy) is 1. The topological polar surface area (TPSA) is 72.5 Å². The van der Waals surface area contributed by atoms with Crippen molar-refractivity contribution in [1.29, 1.82) is 0 Å². The van der Waals surface area contributed by atoms with Crippen LogP contribution in [0.15, 0.2) is 30.3 Å². The zero-order chi connectivity index (χ0) is 11.3. The highest BCUT2D eigenvalue weighted by molar-refractivity contribution is 5.85. The Bertz CT molecular complexity index is 318. The molecule has 16 heavy (non-hydrogen) atoms. The Morgan fingerprint density at radius 2 is 2.00 bits per heavy atom. The lowest BCUT2D eigenvalue weighted by Crippen LogP contribution is -2.42. The van der Waals surface area contributed by atoms with Crippen molar-refractivity contribution in [3.05, 3.63) is 35.9 Å². The van der Waals surface area contributed by atoms with E-state index in [0.29, 0.717) is 6.42 Å². The fraction of sp³-hybridized carbons (Fsp3) is 0.364. The molecule has 0 fully saturated rings. The molecule has 0 saturated heterocycles. The molecule has 0 aliphatic rings. The first-order valence-corrected chi connectivity index (χ1v) is 4.70. The molecule has 0 aliphatic heterocycles. The molecule has 5 heteroatoms. The van der Waals surface area contributed by atoms with E-state index in [2.05, 4.69) is 4.74 Å². The van der Waals surface area contributed by atoms with E-state index in [1.54, 1.807) is 0 Å². The van der Waals surface area contributed by atoms with Gasteiger partial charge >= 0.3 is 5.97 Å². The molecule has 0 saturated carbocycles. The van der Waals surface area contributed by atoms with E-state index in [0.717, 1.165) is 5.56 Å². The molecule has 2 atom stereocenters. The Morgan fingerprint density at radius 3 is 2.50 bits per heavy atom. The first-order valence-electron chi connectivity index (χ1n) is 4.70. The van der Waals surface area contributed by atoms with Gasteiger partial charge in [-0.1, -0.05) is 30.3 Å². The van der Waals surface area contributed by atoms with Gasteiger partial charge in [0.15, 0.2) is 6.10 Å². The fourth-order valence-electron chi connectivity index (χ4n) is 1.29. The summed E-state index contributed by atoms with van der Waals surface area (Å²) in [5.41, 5.74) is 6.65. The van der Waals surface area contributed by atoms with Crippen LogP contribution in [0.4, 0.5) is 0 Å². The number of hydrogen-bond donors (Lipinski definition) is 2. The Hall–Kier alpha value is -1.10. The van der Waals surface area contributed by atoms with Crippen LogP contribution < -0.4 is 5.73 Å². The molecule has 0 aromatic heterocycles. The second kappa shape index (κ2) is 7.22. The number of halogens is 1. The molecular formula is C11H16ClNO3. The fourth-order valence-corrected chi connectivity index (χ4v) is 1.29. The summed E-state index contributed by atoms with van der Waals surface area (Å²) >= 11 is 0. The van der Waals surface area contributed by atoms with E-state index >= 15 is 0 Å². The SMILES string of the molecule is COC(=O)C(O)C(N)Cc1ccccc1.Cl. The number of carbonyl (C=O) groups excluding carboxylic acids is 1. The zero-order valence-corrected chi connectivity index (χ0v) is 9.81. The van der Waals surface area contributed by atoms with E-state index in [9.17, 15) is 9.90 Å². The van der Waals surface area contributed by atoms with Crippen LogP contribution in [0.1, 0.15) is 5.56 Å². The minimum atomic E-state index is -1.27. The van der Waals surface area contributed by atoms with Crippen LogP contribution in [0, 0.1) is 0 Å². The highest BCUT2D eigenvalue weighted by atomic mass is 35.5. The first-order chi connectivity index (χ1) is 7.15. The number of rotatable bonds is 4. The second-order valence-electron chi connectivity index (χ2n) is 3.32. The van der Waals surface area contributed by atoms with Crippen LogP contribution in [0.25, 0.3) is 0 Å². The minimum absolute atomic E-state index is 0. The Balaban J connectivity index is 0.00000225. The summed E-state index contributed by atoms with van der Waals surface area (Å²) in [5, 5.41) is 9.45. The molecule has 0 bridgehead atoms. The number of benzene rings is 1. The maximum atomic E-state index is 11.0. The molecule has 2 unspecified atom stereocenters. The van der Waals surface area contributed by atoms with E-state index in [4.69, 9.17) is 5.73 Å². The monoisotopic (exact) mass is 245 g/mol. The van der Waals surface area contributed by atoms with Crippen LogP contribution in [0.2, 0.25) is 0 Å². The van der Waals surface area contributed by atoms with Crippen molar-refractivity contribution in [3.8, 4) is 0 Å². The number of carbonyl (C=O) groups is 1. The third-order valence-electron chi connectivity index (χ3n) is 2.16. The largest absolute Gasteiger partial charge is 0.467 e. The van der Waals surface area contributed by atoms with E-state index in [1.165, 1.54) is 7.11 Å². The highest BCUT2D eigenvalue weighted by Crippen LogP contribution is 2.05. The molecule has 0 spiro atoms. The lowest BCUT2D eigenvalue weighted by molar-refractivity contribution is -0.151.